The van der Waals surface area contributed by atoms with E-state index >= 15 is 0 Å². The van der Waals surface area contributed by atoms with Crippen LogP contribution in [0.5, 0.6) is 5.75 Å². The molecule has 1 aromatic rings. The number of halogens is 1. The largest absolute Gasteiger partial charge is 0.491 e. The molecule has 17 heavy (non-hydrogen) atoms. The van der Waals surface area contributed by atoms with Crippen LogP contribution in [0.1, 0.15) is 38.7 Å². The van der Waals surface area contributed by atoms with Crippen LogP contribution in [-0.4, -0.2) is 13.2 Å². The molecule has 0 fully saturated rings. The third-order valence-corrected chi connectivity index (χ3v) is 2.58. The Balaban J connectivity index is 2.45. The molecular weight excluding hydrogens is 217 g/mol. The number of rotatable bonds is 8. The first kappa shape index (κ1) is 14.0. The van der Waals surface area contributed by atoms with Crippen LogP contribution in [0.15, 0.2) is 18.2 Å². The van der Waals surface area contributed by atoms with Gasteiger partial charge < -0.3 is 10.1 Å². The summed E-state index contributed by atoms with van der Waals surface area (Å²) in [5, 5.41) is 3.16. The molecule has 1 aromatic carbocycles. The maximum atomic E-state index is 13.6. The SMILES string of the molecule is CCCCCOc1ccc(CNCC)cc1F. The highest BCUT2D eigenvalue weighted by Gasteiger charge is 2.04. The molecule has 2 nitrogen and oxygen atoms in total. The van der Waals surface area contributed by atoms with Crippen molar-refractivity contribution in [2.24, 2.45) is 0 Å². The van der Waals surface area contributed by atoms with Crippen LogP contribution in [0.4, 0.5) is 4.39 Å². The molecule has 0 saturated carbocycles. The van der Waals surface area contributed by atoms with E-state index in [9.17, 15) is 4.39 Å². The predicted molar refractivity (Wildman–Crippen MR) is 68.8 cm³/mol. The van der Waals surface area contributed by atoms with Crippen LogP contribution in [0.3, 0.4) is 0 Å². The average molecular weight is 239 g/mol. The van der Waals surface area contributed by atoms with E-state index in [-0.39, 0.29) is 5.82 Å². The topological polar surface area (TPSA) is 21.3 Å². The summed E-state index contributed by atoms with van der Waals surface area (Å²) >= 11 is 0. The maximum absolute atomic E-state index is 13.6. The number of hydrogen-bond donors (Lipinski definition) is 1. The Morgan fingerprint density at radius 1 is 1.24 bits per heavy atom. The van der Waals surface area contributed by atoms with E-state index in [4.69, 9.17) is 4.74 Å². The van der Waals surface area contributed by atoms with E-state index < -0.39 is 0 Å². The first-order valence-electron chi connectivity index (χ1n) is 6.39. The molecule has 96 valence electrons. The smallest absolute Gasteiger partial charge is 0.165 e. The number of ether oxygens (including phenoxy) is 1. The molecule has 0 spiro atoms. The molecule has 1 rings (SSSR count). The molecule has 0 aliphatic heterocycles. The molecule has 0 saturated heterocycles. The number of nitrogens with one attached hydrogen (secondary N) is 1. The van der Waals surface area contributed by atoms with E-state index in [0.29, 0.717) is 18.9 Å². The van der Waals surface area contributed by atoms with Crippen molar-refractivity contribution >= 4 is 0 Å². The van der Waals surface area contributed by atoms with E-state index in [1.54, 1.807) is 6.07 Å². The van der Waals surface area contributed by atoms with Gasteiger partial charge in [0.25, 0.3) is 0 Å². The Morgan fingerprint density at radius 2 is 2.06 bits per heavy atom. The van der Waals surface area contributed by atoms with Gasteiger partial charge in [0.2, 0.25) is 0 Å². The Labute approximate surface area is 103 Å². The van der Waals surface area contributed by atoms with Crippen molar-refractivity contribution in [1.82, 2.24) is 5.32 Å². The van der Waals surface area contributed by atoms with Crippen molar-refractivity contribution in [2.45, 2.75) is 39.7 Å². The predicted octanol–water partition coefficient (Wildman–Crippen LogP) is 3.50. The molecule has 0 aromatic heterocycles. The van der Waals surface area contributed by atoms with E-state index in [1.165, 1.54) is 6.07 Å². The molecule has 0 unspecified atom stereocenters. The minimum absolute atomic E-state index is 0.267. The molecule has 1 N–H and O–H groups in total. The zero-order valence-corrected chi connectivity index (χ0v) is 10.8. The summed E-state index contributed by atoms with van der Waals surface area (Å²) in [6.45, 7) is 6.34. The highest BCUT2D eigenvalue weighted by molar-refractivity contribution is 5.29. The van der Waals surface area contributed by atoms with Gasteiger partial charge in [-0.05, 0) is 30.7 Å². The van der Waals surface area contributed by atoms with Crippen LogP contribution in [-0.2, 0) is 6.54 Å². The lowest BCUT2D eigenvalue weighted by Crippen LogP contribution is -2.11. The summed E-state index contributed by atoms with van der Waals surface area (Å²) in [4.78, 5) is 0. The molecule has 0 bridgehead atoms. The van der Waals surface area contributed by atoms with Crippen LogP contribution < -0.4 is 10.1 Å². The van der Waals surface area contributed by atoms with Crippen LogP contribution in [0.2, 0.25) is 0 Å². The van der Waals surface area contributed by atoms with Crippen LogP contribution in [0.25, 0.3) is 0 Å². The number of hydrogen-bond acceptors (Lipinski definition) is 2. The molecule has 0 amide bonds. The standard InChI is InChI=1S/C14H22FNO/c1-3-5-6-9-17-14-8-7-12(10-13(14)15)11-16-4-2/h7-8,10,16H,3-6,9,11H2,1-2H3. The van der Waals surface area contributed by atoms with Gasteiger partial charge in [-0.3, -0.25) is 0 Å². The summed E-state index contributed by atoms with van der Waals surface area (Å²) < 4.78 is 19.0. The molecular formula is C14H22FNO. The van der Waals surface area contributed by atoms with Gasteiger partial charge in [-0.2, -0.15) is 0 Å². The van der Waals surface area contributed by atoms with Crippen molar-refractivity contribution in [3.8, 4) is 5.75 Å². The van der Waals surface area contributed by atoms with Crippen LogP contribution in [0, 0.1) is 5.82 Å². The Hall–Kier alpha value is -1.09. The summed E-state index contributed by atoms with van der Waals surface area (Å²) in [5.74, 6) is 0.0956. The molecule has 0 heterocycles. The summed E-state index contributed by atoms with van der Waals surface area (Å²) in [5.41, 5.74) is 0.949. The second-order valence-corrected chi connectivity index (χ2v) is 4.10. The fourth-order valence-electron chi connectivity index (χ4n) is 1.57. The van der Waals surface area contributed by atoms with Gasteiger partial charge in [0.05, 0.1) is 6.61 Å². The Bertz CT molecular complexity index is 328. The lowest BCUT2D eigenvalue weighted by Gasteiger charge is -2.08. The van der Waals surface area contributed by atoms with Gasteiger partial charge >= 0.3 is 0 Å². The van der Waals surface area contributed by atoms with Gasteiger partial charge in [-0.15, -0.1) is 0 Å². The van der Waals surface area contributed by atoms with Crippen molar-refractivity contribution in [2.75, 3.05) is 13.2 Å². The monoisotopic (exact) mass is 239 g/mol. The van der Waals surface area contributed by atoms with E-state index in [1.807, 2.05) is 13.0 Å². The maximum Gasteiger partial charge on any atom is 0.165 e. The third kappa shape index (κ3) is 5.18. The molecule has 0 aliphatic rings. The fourth-order valence-corrected chi connectivity index (χ4v) is 1.57. The summed E-state index contributed by atoms with van der Waals surface area (Å²) in [6.07, 6.45) is 3.25. The number of unbranched alkanes of at least 4 members (excludes halogenated alkanes) is 2. The van der Waals surface area contributed by atoms with Crippen molar-refractivity contribution < 1.29 is 9.13 Å². The van der Waals surface area contributed by atoms with Crippen LogP contribution >= 0.6 is 0 Å². The summed E-state index contributed by atoms with van der Waals surface area (Å²) in [6, 6.07) is 5.16. The lowest BCUT2D eigenvalue weighted by molar-refractivity contribution is 0.291. The third-order valence-electron chi connectivity index (χ3n) is 2.58. The Kier molecular flexibility index (Phi) is 6.63. The Morgan fingerprint density at radius 3 is 2.71 bits per heavy atom. The van der Waals surface area contributed by atoms with E-state index in [2.05, 4.69) is 12.2 Å². The lowest BCUT2D eigenvalue weighted by atomic mass is 10.2. The minimum atomic E-state index is -0.267. The van der Waals surface area contributed by atoms with Gasteiger partial charge in [0, 0.05) is 6.54 Å². The van der Waals surface area contributed by atoms with Crippen molar-refractivity contribution in [3.63, 3.8) is 0 Å². The first-order valence-corrected chi connectivity index (χ1v) is 6.39. The van der Waals surface area contributed by atoms with Gasteiger partial charge in [-0.1, -0.05) is 32.8 Å². The zero-order chi connectivity index (χ0) is 12.5. The second-order valence-electron chi connectivity index (χ2n) is 4.10. The highest BCUT2D eigenvalue weighted by atomic mass is 19.1. The minimum Gasteiger partial charge on any atom is -0.491 e. The van der Waals surface area contributed by atoms with Gasteiger partial charge in [0.15, 0.2) is 11.6 Å². The summed E-state index contributed by atoms with van der Waals surface area (Å²) in [7, 11) is 0. The normalized spacial score (nSPS) is 10.5. The molecule has 0 atom stereocenters. The molecule has 0 radical (unpaired) electrons. The number of benzene rings is 1. The fraction of sp³-hybridized carbons (Fsp3) is 0.571. The first-order chi connectivity index (χ1) is 8.27. The van der Waals surface area contributed by atoms with Gasteiger partial charge in [-0.25, -0.2) is 4.39 Å². The van der Waals surface area contributed by atoms with E-state index in [0.717, 1.165) is 31.4 Å². The van der Waals surface area contributed by atoms with Gasteiger partial charge in [0.1, 0.15) is 0 Å². The highest BCUT2D eigenvalue weighted by Crippen LogP contribution is 2.18. The molecule has 3 heteroatoms. The second kappa shape index (κ2) is 8.07. The molecule has 0 aliphatic carbocycles. The average Bonchev–Trinajstić information content (AvgIpc) is 2.34. The van der Waals surface area contributed by atoms with Crippen molar-refractivity contribution in [3.05, 3.63) is 29.6 Å². The zero-order valence-electron chi connectivity index (χ0n) is 10.8. The quantitative estimate of drug-likeness (QED) is 0.701. The van der Waals surface area contributed by atoms with Crippen molar-refractivity contribution in [1.29, 1.82) is 0 Å².